The smallest absolute Gasteiger partial charge is 0.317 e. The van der Waals surface area contributed by atoms with Gasteiger partial charge in [0.2, 0.25) is 0 Å². The predicted octanol–water partition coefficient (Wildman–Crippen LogP) is 2.94. The number of carbonyl (C=O) groups is 1. The van der Waals surface area contributed by atoms with E-state index in [1.54, 1.807) is 4.52 Å². The molecule has 0 amide bonds. The molecule has 0 aliphatic rings. The molecular weight excluding hydrogens is 338 g/mol. The zero-order valence-electron chi connectivity index (χ0n) is 14.0. The third-order valence-corrected chi connectivity index (χ3v) is 5.04. The van der Waals surface area contributed by atoms with Crippen LogP contribution in [0.2, 0.25) is 0 Å². The summed E-state index contributed by atoms with van der Waals surface area (Å²) in [5, 5.41) is 22.8. The molecular formula is C18H19N3O3S. The van der Waals surface area contributed by atoms with Crippen molar-refractivity contribution in [1.82, 2.24) is 14.6 Å². The fraction of sp³-hybridized carbons (Fsp3) is 0.278. The second-order valence-corrected chi connectivity index (χ2v) is 6.97. The van der Waals surface area contributed by atoms with Crippen LogP contribution in [-0.4, -0.2) is 42.6 Å². The molecule has 0 spiro atoms. The van der Waals surface area contributed by atoms with E-state index in [4.69, 9.17) is 5.11 Å². The summed E-state index contributed by atoms with van der Waals surface area (Å²) in [4.78, 5) is 16.1. The van der Waals surface area contributed by atoms with Crippen molar-refractivity contribution in [2.45, 2.75) is 30.7 Å². The number of aliphatic hydroxyl groups is 1. The van der Waals surface area contributed by atoms with E-state index >= 15 is 0 Å². The molecule has 2 heterocycles. The lowest BCUT2D eigenvalue weighted by atomic mass is 10.1. The number of aromatic nitrogens is 3. The molecule has 0 aliphatic heterocycles. The number of aryl methyl sites for hydroxylation is 2. The van der Waals surface area contributed by atoms with E-state index in [1.807, 2.05) is 50.2 Å². The van der Waals surface area contributed by atoms with Gasteiger partial charge in [-0.15, -0.1) is 0 Å². The average molecular weight is 357 g/mol. The monoisotopic (exact) mass is 357 g/mol. The van der Waals surface area contributed by atoms with Crippen LogP contribution < -0.4 is 0 Å². The van der Waals surface area contributed by atoms with E-state index in [2.05, 4.69) is 10.1 Å². The number of fused-ring (bicyclic) bond motifs is 1. The number of thioether (sulfide) groups is 1. The fourth-order valence-electron chi connectivity index (χ4n) is 2.76. The molecule has 2 aromatic heterocycles. The first-order valence-corrected chi connectivity index (χ1v) is 8.82. The molecule has 130 valence electrons. The minimum absolute atomic E-state index is 0.153. The van der Waals surface area contributed by atoms with E-state index in [0.29, 0.717) is 5.16 Å². The first-order chi connectivity index (χ1) is 12.0. The van der Waals surface area contributed by atoms with Gasteiger partial charge in [-0.2, -0.15) is 5.10 Å². The second kappa shape index (κ2) is 7.25. The molecule has 7 heteroatoms. The largest absolute Gasteiger partial charge is 0.480 e. The average Bonchev–Trinajstić information content (AvgIpc) is 2.94. The van der Waals surface area contributed by atoms with Crippen molar-refractivity contribution in [2.75, 3.05) is 6.61 Å². The van der Waals surface area contributed by atoms with Crippen LogP contribution in [0.5, 0.6) is 0 Å². The molecule has 25 heavy (non-hydrogen) atoms. The topological polar surface area (TPSA) is 87.7 Å². The normalized spacial score (nSPS) is 12.4. The molecule has 6 nitrogen and oxygen atoms in total. The van der Waals surface area contributed by atoms with E-state index in [1.165, 1.54) is 0 Å². The summed E-state index contributed by atoms with van der Waals surface area (Å²) in [5.74, 6) is -0.971. The van der Waals surface area contributed by atoms with Crippen LogP contribution >= 0.6 is 11.8 Å². The maximum atomic E-state index is 11.5. The highest BCUT2D eigenvalue weighted by Crippen LogP contribution is 2.33. The third-order valence-electron chi connectivity index (χ3n) is 3.84. The van der Waals surface area contributed by atoms with Crippen molar-refractivity contribution in [3.8, 4) is 11.3 Å². The Kier molecular flexibility index (Phi) is 5.06. The molecule has 2 N–H and O–H groups in total. The molecule has 0 saturated carbocycles. The Balaban J connectivity index is 2.17. The van der Waals surface area contributed by atoms with Gasteiger partial charge in [0.15, 0.2) is 5.16 Å². The van der Waals surface area contributed by atoms with Gasteiger partial charge in [-0.1, -0.05) is 42.1 Å². The van der Waals surface area contributed by atoms with Crippen LogP contribution in [0.1, 0.15) is 17.7 Å². The van der Waals surface area contributed by atoms with Crippen LogP contribution in [-0.2, 0) is 4.79 Å². The van der Waals surface area contributed by atoms with Gasteiger partial charge in [-0.3, -0.25) is 4.79 Å². The first-order valence-electron chi connectivity index (χ1n) is 7.94. The minimum Gasteiger partial charge on any atom is -0.480 e. The minimum atomic E-state index is -0.971. The summed E-state index contributed by atoms with van der Waals surface area (Å²) >= 11 is 1.11. The Bertz CT molecular complexity index is 909. The van der Waals surface area contributed by atoms with E-state index in [9.17, 15) is 9.90 Å². The number of carboxylic acid groups (broad SMARTS) is 1. The summed E-state index contributed by atoms with van der Waals surface area (Å²) in [6.07, 6.45) is 0.153. The molecule has 1 unspecified atom stereocenters. The van der Waals surface area contributed by atoms with Gasteiger partial charge in [0.25, 0.3) is 0 Å². The molecule has 3 aromatic rings. The zero-order chi connectivity index (χ0) is 18.0. The summed E-state index contributed by atoms with van der Waals surface area (Å²) in [7, 11) is 0. The lowest BCUT2D eigenvalue weighted by molar-refractivity contribution is -0.136. The van der Waals surface area contributed by atoms with Crippen molar-refractivity contribution >= 4 is 23.2 Å². The number of aliphatic carboxylic acids is 1. The summed E-state index contributed by atoms with van der Waals surface area (Å²) in [5.41, 5.74) is 4.46. The number of benzene rings is 1. The Morgan fingerprint density at radius 2 is 2.00 bits per heavy atom. The van der Waals surface area contributed by atoms with E-state index < -0.39 is 11.2 Å². The number of carboxylic acids is 1. The van der Waals surface area contributed by atoms with Gasteiger partial charge in [-0.05, 0) is 31.9 Å². The predicted molar refractivity (Wildman–Crippen MR) is 96.9 cm³/mol. The third kappa shape index (κ3) is 3.52. The number of rotatable bonds is 6. The van der Waals surface area contributed by atoms with Crippen LogP contribution in [0.15, 0.2) is 41.6 Å². The van der Waals surface area contributed by atoms with Crippen LogP contribution in [0, 0.1) is 13.8 Å². The molecule has 0 bridgehead atoms. The number of hydrogen-bond donors (Lipinski definition) is 2. The molecule has 3 rings (SSSR count). The van der Waals surface area contributed by atoms with Gasteiger partial charge in [0.1, 0.15) is 5.25 Å². The highest BCUT2D eigenvalue weighted by Gasteiger charge is 2.24. The van der Waals surface area contributed by atoms with Crippen molar-refractivity contribution in [2.24, 2.45) is 0 Å². The van der Waals surface area contributed by atoms with Crippen LogP contribution in [0.25, 0.3) is 16.8 Å². The van der Waals surface area contributed by atoms with Gasteiger partial charge in [-0.25, -0.2) is 9.50 Å². The molecule has 0 aliphatic carbocycles. The van der Waals surface area contributed by atoms with Crippen molar-refractivity contribution < 1.29 is 15.0 Å². The summed E-state index contributed by atoms with van der Waals surface area (Å²) in [6.45, 7) is 3.70. The number of imidazole rings is 1. The van der Waals surface area contributed by atoms with Gasteiger partial charge < -0.3 is 10.2 Å². The van der Waals surface area contributed by atoms with Gasteiger partial charge in [0, 0.05) is 12.2 Å². The molecule has 0 saturated heterocycles. The van der Waals surface area contributed by atoms with Crippen molar-refractivity contribution in [3.05, 3.63) is 47.7 Å². The standard InChI is InChI=1S/C18H19N3O3S/c1-11-10-12(2)20-21-16(11)15(13-6-4-3-5-7-13)19-18(21)25-14(8-9-22)17(23)24/h3-7,10,14,22H,8-9H2,1-2H3,(H,23,24). The lowest BCUT2D eigenvalue weighted by Crippen LogP contribution is -2.18. The number of hydrogen-bond acceptors (Lipinski definition) is 5. The molecule has 0 fully saturated rings. The number of nitrogens with zero attached hydrogens (tertiary/aromatic N) is 3. The van der Waals surface area contributed by atoms with Crippen molar-refractivity contribution in [1.29, 1.82) is 0 Å². The van der Waals surface area contributed by atoms with Crippen molar-refractivity contribution in [3.63, 3.8) is 0 Å². The van der Waals surface area contributed by atoms with Crippen LogP contribution in [0.4, 0.5) is 0 Å². The summed E-state index contributed by atoms with van der Waals surface area (Å²) < 4.78 is 1.71. The fourth-order valence-corrected chi connectivity index (χ4v) is 3.71. The Hall–Kier alpha value is -2.38. The lowest BCUT2D eigenvalue weighted by Gasteiger charge is -2.09. The zero-order valence-corrected chi connectivity index (χ0v) is 14.8. The van der Waals surface area contributed by atoms with E-state index in [0.717, 1.165) is 39.8 Å². The Morgan fingerprint density at radius 1 is 1.28 bits per heavy atom. The Labute approximate surface area is 149 Å². The SMILES string of the molecule is Cc1cc(C)c2c(-c3ccccc3)nc(SC(CCO)C(=O)O)n2n1. The molecule has 1 atom stereocenters. The highest BCUT2D eigenvalue weighted by atomic mass is 32.2. The quantitative estimate of drug-likeness (QED) is 0.660. The van der Waals surface area contributed by atoms with E-state index in [-0.39, 0.29) is 13.0 Å². The molecule has 0 radical (unpaired) electrons. The first kappa shape index (κ1) is 17.4. The van der Waals surface area contributed by atoms with Crippen LogP contribution in [0.3, 0.4) is 0 Å². The maximum absolute atomic E-state index is 11.5. The second-order valence-electron chi connectivity index (χ2n) is 5.80. The highest BCUT2D eigenvalue weighted by molar-refractivity contribution is 8.00. The maximum Gasteiger partial charge on any atom is 0.317 e. The summed E-state index contributed by atoms with van der Waals surface area (Å²) in [6, 6.07) is 11.7. The van der Waals surface area contributed by atoms with Gasteiger partial charge in [0.05, 0.1) is 16.9 Å². The molecule has 1 aromatic carbocycles. The number of aliphatic hydroxyl groups excluding tert-OH is 1. The Morgan fingerprint density at radius 3 is 2.64 bits per heavy atom. The van der Waals surface area contributed by atoms with Gasteiger partial charge >= 0.3 is 5.97 Å².